The molecule has 0 radical (unpaired) electrons. The summed E-state index contributed by atoms with van der Waals surface area (Å²) < 4.78 is 3.62. The van der Waals surface area contributed by atoms with Crippen molar-refractivity contribution in [1.29, 1.82) is 0 Å². The first-order valence-corrected chi connectivity index (χ1v) is 11.1. The van der Waals surface area contributed by atoms with E-state index in [9.17, 15) is 0 Å². The van der Waals surface area contributed by atoms with E-state index in [4.69, 9.17) is 5.73 Å². The van der Waals surface area contributed by atoms with E-state index in [0.717, 1.165) is 22.3 Å². The van der Waals surface area contributed by atoms with Crippen LogP contribution in [0, 0.1) is 0 Å². The molecule has 144 valence electrons. The minimum atomic E-state index is 0.830. The van der Waals surface area contributed by atoms with Crippen LogP contribution in [0.4, 0.5) is 5.69 Å². The van der Waals surface area contributed by atoms with Crippen LogP contribution in [0.15, 0.2) is 65.1 Å². The molecule has 0 amide bonds. The lowest BCUT2D eigenvalue weighted by molar-refractivity contribution is 0.584. The summed E-state index contributed by atoms with van der Waals surface area (Å²) in [5.41, 5.74) is 12.1. The topological polar surface area (TPSA) is 30.9 Å². The molecule has 2 nitrogen and oxygen atoms in total. The first kappa shape index (κ1) is 19.1. The maximum Gasteiger partial charge on any atom is 0.0571 e. The summed E-state index contributed by atoms with van der Waals surface area (Å²) in [7, 11) is 0. The second-order valence-electron chi connectivity index (χ2n) is 7.52. The molecule has 0 saturated carbocycles. The lowest BCUT2D eigenvalue weighted by Gasteiger charge is -2.13. The number of aromatic nitrogens is 1. The third kappa shape index (κ3) is 3.56. The number of aryl methyl sites for hydroxylation is 1. The van der Waals surface area contributed by atoms with Crippen LogP contribution in [-0.4, -0.2) is 4.57 Å². The monoisotopic (exact) mass is 434 g/mol. The highest BCUT2D eigenvalue weighted by molar-refractivity contribution is 9.10. The predicted octanol–water partition coefficient (Wildman–Crippen LogP) is 7.78. The molecule has 0 unspecified atom stereocenters. The van der Waals surface area contributed by atoms with Crippen LogP contribution in [0.3, 0.4) is 0 Å². The Balaban J connectivity index is 1.89. The van der Waals surface area contributed by atoms with Crippen LogP contribution >= 0.6 is 15.9 Å². The minimum Gasteiger partial charge on any atom is -0.398 e. The Bertz CT molecular complexity index is 1110. The average molecular weight is 435 g/mol. The van der Waals surface area contributed by atoms with Crippen LogP contribution in [0.2, 0.25) is 0 Å². The van der Waals surface area contributed by atoms with Gasteiger partial charge in [0.05, 0.1) is 5.52 Å². The minimum absolute atomic E-state index is 0.830. The van der Waals surface area contributed by atoms with Crippen molar-refractivity contribution in [2.75, 3.05) is 5.73 Å². The maximum atomic E-state index is 6.35. The molecule has 4 rings (SSSR count). The molecule has 28 heavy (non-hydrogen) atoms. The molecular weight excluding hydrogens is 408 g/mol. The van der Waals surface area contributed by atoms with E-state index in [0.29, 0.717) is 0 Å². The summed E-state index contributed by atoms with van der Waals surface area (Å²) in [5, 5.41) is 2.60. The normalized spacial score (nSPS) is 11.5. The molecular formula is C25H27BrN2. The summed E-state index contributed by atoms with van der Waals surface area (Å²) in [4.78, 5) is 0. The van der Waals surface area contributed by atoms with Crippen molar-refractivity contribution in [2.45, 2.75) is 45.6 Å². The number of para-hydroxylation sites is 2. The zero-order valence-electron chi connectivity index (χ0n) is 16.4. The van der Waals surface area contributed by atoms with Crippen LogP contribution in [0.25, 0.3) is 32.9 Å². The van der Waals surface area contributed by atoms with Gasteiger partial charge >= 0.3 is 0 Å². The van der Waals surface area contributed by atoms with Crippen molar-refractivity contribution in [3.8, 4) is 11.1 Å². The van der Waals surface area contributed by atoms with Crippen LogP contribution < -0.4 is 5.73 Å². The predicted molar refractivity (Wildman–Crippen MR) is 126 cm³/mol. The van der Waals surface area contributed by atoms with E-state index in [1.807, 2.05) is 12.1 Å². The number of nitrogens with two attached hydrogens (primary N) is 1. The molecule has 0 fully saturated rings. The third-order valence-electron chi connectivity index (χ3n) is 5.58. The van der Waals surface area contributed by atoms with Gasteiger partial charge in [-0.25, -0.2) is 0 Å². The van der Waals surface area contributed by atoms with Gasteiger partial charge in [-0.1, -0.05) is 84.9 Å². The molecule has 1 aromatic heterocycles. The van der Waals surface area contributed by atoms with Crippen molar-refractivity contribution in [3.05, 3.63) is 65.1 Å². The number of unbranched alkanes of at least 4 members (excludes halogenated alkanes) is 4. The zero-order valence-corrected chi connectivity index (χ0v) is 18.0. The Kier molecular flexibility index (Phi) is 5.72. The van der Waals surface area contributed by atoms with E-state index in [1.165, 1.54) is 59.5 Å². The van der Waals surface area contributed by atoms with Gasteiger partial charge in [0, 0.05) is 44.1 Å². The molecule has 0 saturated heterocycles. The molecule has 0 bridgehead atoms. The van der Waals surface area contributed by atoms with Gasteiger partial charge in [0.2, 0.25) is 0 Å². The number of hydrogen-bond donors (Lipinski definition) is 1. The first-order valence-electron chi connectivity index (χ1n) is 10.3. The van der Waals surface area contributed by atoms with Crippen molar-refractivity contribution in [3.63, 3.8) is 0 Å². The molecule has 0 atom stereocenters. The van der Waals surface area contributed by atoms with Gasteiger partial charge in [-0.05, 0) is 30.7 Å². The average Bonchev–Trinajstić information content (AvgIpc) is 3.01. The number of hydrogen-bond acceptors (Lipinski definition) is 1. The Labute approximate surface area is 175 Å². The molecule has 0 aliphatic carbocycles. The van der Waals surface area contributed by atoms with Crippen molar-refractivity contribution in [1.82, 2.24) is 4.57 Å². The Morgan fingerprint density at radius 2 is 1.61 bits per heavy atom. The molecule has 0 spiro atoms. The van der Waals surface area contributed by atoms with E-state index in [-0.39, 0.29) is 0 Å². The third-order valence-corrected chi connectivity index (χ3v) is 6.07. The van der Waals surface area contributed by atoms with E-state index in [2.05, 4.69) is 76.0 Å². The maximum absolute atomic E-state index is 6.35. The molecule has 1 heterocycles. The zero-order chi connectivity index (χ0) is 19.5. The van der Waals surface area contributed by atoms with Gasteiger partial charge in [0.1, 0.15) is 0 Å². The second-order valence-corrected chi connectivity index (χ2v) is 8.43. The second kappa shape index (κ2) is 8.40. The molecule has 0 aliphatic heterocycles. The standard InChI is InChI=1S/C25H27BrN2/c1-2-3-4-5-8-16-28-24-15-14-18(26)17-22(24)21-12-9-11-20(25(21)28)19-10-6-7-13-23(19)27/h6-7,9-15,17H,2-5,8,16,27H2,1H3. The van der Waals surface area contributed by atoms with E-state index in [1.54, 1.807) is 0 Å². The van der Waals surface area contributed by atoms with Crippen LogP contribution in [0.5, 0.6) is 0 Å². The SMILES string of the molecule is CCCCCCCn1c2ccc(Br)cc2c2cccc(-c3ccccc3N)c21. The Morgan fingerprint density at radius 1 is 0.821 bits per heavy atom. The van der Waals surface area contributed by atoms with Crippen LogP contribution in [0.1, 0.15) is 39.0 Å². The number of nitrogens with zero attached hydrogens (tertiary/aromatic N) is 1. The number of halogens is 1. The number of nitrogen functional groups attached to an aromatic ring is 1. The summed E-state index contributed by atoms with van der Waals surface area (Å²) in [6.45, 7) is 3.30. The summed E-state index contributed by atoms with van der Waals surface area (Å²) >= 11 is 3.65. The summed E-state index contributed by atoms with van der Waals surface area (Å²) in [5.74, 6) is 0. The lowest BCUT2D eigenvalue weighted by Crippen LogP contribution is -2.00. The summed E-state index contributed by atoms with van der Waals surface area (Å²) in [6, 6.07) is 21.4. The Hall–Kier alpha value is -2.26. The molecule has 3 aromatic carbocycles. The van der Waals surface area contributed by atoms with Crippen molar-refractivity contribution in [2.24, 2.45) is 0 Å². The highest BCUT2D eigenvalue weighted by Crippen LogP contribution is 2.38. The van der Waals surface area contributed by atoms with Crippen LogP contribution in [-0.2, 0) is 6.54 Å². The molecule has 4 aromatic rings. The Morgan fingerprint density at radius 3 is 2.43 bits per heavy atom. The molecule has 2 N–H and O–H groups in total. The van der Waals surface area contributed by atoms with Gasteiger partial charge in [-0.15, -0.1) is 0 Å². The first-order chi connectivity index (χ1) is 13.7. The van der Waals surface area contributed by atoms with Gasteiger partial charge in [-0.3, -0.25) is 0 Å². The smallest absolute Gasteiger partial charge is 0.0571 e. The number of benzene rings is 3. The number of rotatable bonds is 7. The highest BCUT2D eigenvalue weighted by Gasteiger charge is 2.16. The van der Waals surface area contributed by atoms with Gasteiger partial charge in [0.15, 0.2) is 0 Å². The van der Waals surface area contributed by atoms with E-state index < -0.39 is 0 Å². The fraction of sp³-hybridized carbons (Fsp3) is 0.280. The van der Waals surface area contributed by atoms with Crippen molar-refractivity contribution >= 4 is 43.4 Å². The van der Waals surface area contributed by atoms with Gasteiger partial charge < -0.3 is 10.3 Å². The lowest BCUT2D eigenvalue weighted by atomic mass is 10.0. The number of fused-ring (bicyclic) bond motifs is 3. The van der Waals surface area contributed by atoms with Gasteiger partial charge in [-0.2, -0.15) is 0 Å². The van der Waals surface area contributed by atoms with Crippen molar-refractivity contribution < 1.29 is 0 Å². The highest BCUT2D eigenvalue weighted by atomic mass is 79.9. The van der Waals surface area contributed by atoms with Gasteiger partial charge in [0.25, 0.3) is 0 Å². The number of anilines is 1. The largest absolute Gasteiger partial charge is 0.398 e. The fourth-order valence-corrected chi connectivity index (χ4v) is 4.56. The quantitative estimate of drug-likeness (QED) is 0.233. The van der Waals surface area contributed by atoms with E-state index >= 15 is 0 Å². The molecule has 3 heteroatoms. The summed E-state index contributed by atoms with van der Waals surface area (Å²) in [6.07, 6.45) is 6.40. The fourth-order valence-electron chi connectivity index (χ4n) is 4.20. The molecule has 0 aliphatic rings.